The molecule has 0 unspecified atom stereocenters. The molecule has 0 radical (unpaired) electrons. The summed E-state index contributed by atoms with van der Waals surface area (Å²) in [6.45, 7) is 0.356. The molecule has 0 atom stereocenters. The van der Waals surface area contributed by atoms with Gasteiger partial charge in [0.2, 0.25) is 15.9 Å². The minimum Gasteiger partial charge on any atom is -0.356 e. The van der Waals surface area contributed by atoms with Gasteiger partial charge < -0.3 is 10.6 Å². The molecule has 0 heterocycles. The van der Waals surface area contributed by atoms with Crippen LogP contribution in [0.5, 0.6) is 0 Å². The van der Waals surface area contributed by atoms with E-state index in [0.717, 1.165) is 25.7 Å². The molecule has 0 aliphatic heterocycles. The molecule has 0 aromatic heterocycles. The number of amides is 1. The fourth-order valence-corrected chi connectivity index (χ4v) is 3.16. The van der Waals surface area contributed by atoms with E-state index in [1.54, 1.807) is 0 Å². The predicted molar refractivity (Wildman–Crippen MR) is 75.1 cm³/mol. The highest BCUT2D eigenvalue weighted by molar-refractivity contribution is 7.89. The summed E-state index contributed by atoms with van der Waals surface area (Å²) in [5.74, 6) is -0.115. The summed E-state index contributed by atoms with van der Waals surface area (Å²) >= 11 is 0. The Morgan fingerprint density at radius 2 is 1.89 bits per heavy atom. The lowest BCUT2D eigenvalue weighted by molar-refractivity contribution is -0.122. The summed E-state index contributed by atoms with van der Waals surface area (Å²) in [4.78, 5) is 11.9. The van der Waals surface area contributed by atoms with Gasteiger partial charge in [-0.15, -0.1) is 0 Å². The van der Waals surface area contributed by atoms with Gasteiger partial charge >= 0.3 is 0 Å². The Hall–Kier alpha value is -0.660. The first-order chi connectivity index (χ1) is 8.87. The van der Waals surface area contributed by atoms with Crippen LogP contribution in [0.4, 0.5) is 0 Å². The van der Waals surface area contributed by atoms with Gasteiger partial charge in [0, 0.05) is 18.5 Å². The Morgan fingerprint density at radius 1 is 1.26 bits per heavy atom. The maximum absolute atomic E-state index is 11.9. The van der Waals surface area contributed by atoms with Crippen molar-refractivity contribution < 1.29 is 13.2 Å². The van der Waals surface area contributed by atoms with E-state index in [9.17, 15) is 13.2 Å². The molecule has 7 heteroatoms. The average molecular weight is 291 g/mol. The van der Waals surface area contributed by atoms with Crippen molar-refractivity contribution in [2.24, 2.45) is 5.14 Å². The van der Waals surface area contributed by atoms with Gasteiger partial charge in [0.05, 0.1) is 5.75 Å². The molecule has 4 N–H and O–H groups in total. The van der Waals surface area contributed by atoms with Crippen molar-refractivity contribution in [1.82, 2.24) is 10.6 Å². The first-order valence-corrected chi connectivity index (χ1v) is 8.55. The van der Waals surface area contributed by atoms with Crippen molar-refractivity contribution in [3.05, 3.63) is 0 Å². The van der Waals surface area contributed by atoms with Crippen molar-refractivity contribution >= 4 is 15.9 Å². The Kier molecular flexibility index (Phi) is 6.22. The van der Waals surface area contributed by atoms with Gasteiger partial charge in [-0.3, -0.25) is 4.79 Å². The minimum absolute atomic E-state index is 0.0225. The van der Waals surface area contributed by atoms with Crippen LogP contribution in [-0.2, 0) is 14.8 Å². The predicted octanol–water partition coefficient (Wildman–Crippen LogP) is 0.0936. The number of sulfonamides is 1. The zero-order valence-corrected chi connectivity index (χ0v) is 12.4. The van der Waals surface area contributed by atoms with Crippen LogP contribution in [0.25, 0.3) is 0 Å². The molecule has 0 aromatic carbocycles. The van der Waals surface area contributed by atoms with Gasteiger partial charge in [-0.25, -0.2) is 13.6 Å². The van der Waals surface area contributed by atoms with Crippen molar-refractivity contribution in [2.75, 3.05) is 19.3 Å². The average Bonchev–Trinajstić information content (AvgIpc) is 2.35. The fourth-order valence-electron chi connectivity index (χ4n) is 2.61. The third-order valence-corrected chi connectivity index (χ3v) is 4.63. The standard InChI is InChI=1S/C12H25N3O3S/c1-14-12(6-3-2-4-7-12)10-11(16)15-8-5-9-19(13,17)18/h14H,2-10H2,1H3,(H,15,16)(H2,13,17,18). The second-order valence-electron chi connectivity index (χ2n) is 5.34. The van der Waals surface area contributed by atoms with Crippen molar-refractivity contribution in [1.29, 1.82) is 0 Å². The molecular weight excluding hydrogens is 266 g/mol. The number of rotatable bonds is 7. The van der Waals surface area contributed by atoms with Crippen LogP contribution < -0.4 is 15.8 Å². The fraction of sp³-hybridized carbons (Fsp3) is 0.917. The van der Waals surface area contributed by atoms with Crippen LogP contribution in [0.15, 0.2) is 0 Å². The normalized spacial score (nSPS) is 19.1. The molecule has 1 rings (SSSR count). The number of primary sulfonamides is 1. The number of nitrogens with one attached hydrogen (secondary N) is 2. The molecule has 112 valence electrons. The number of nitrogens with two attached hydrogens (primary N) is 1. The number of carbonyl (C=O) groups excluding carboxylic acids is 1. The Labute approximate surface area is 115 Å². The van der Waals surface area contributed by atoms with Gasteiger partial charge in [-0.2, -0.15) is 0 Å². The van der Waals surface area contributed by atoms with Gasteiger partial charge in [0.1, 0.15) is 0 Å². The van der Waals surface area contributed by atoms with Crippen LogP contribution in [0, 0.1) is 0 Å². The lowest BCUT2D eigenvalue weighted by Gasteiger charge is -2.36. The van der Waals surface area contributed by atoms with E-state index in [1.165, 1.54) is 6.42 Å². The Balaban J connectivity index is 2.29. The van der Waals surface area contributed by atoms with Crippen molar-refractivity contribution in [3.63, 3.8) is 0 Å². The van der Waals surface area contributed by atoms with E-state index in [1.807, 2.05) is 7.05 Å². The molecule has 0 aromatic rings. The third-order valence-electron chi connectivity index (χ3n) is 3.77. The molecule has 1 amide bonds. The van der Waals surface area contributed by atoms with E-state index < -0.39 is 10.0 Å². The third kappa shape index (κ3) is 6.35. The first kappa shape index (κ1) is 16.4. The van der Waals surface area contributed by atoms with Crippen LogP contribution in [-0.4, -0.2) is 39.2 Å². The summed E-state index contributed by atoms with van der Waals surface area (Å²) in [7, 11) is -1.53. The highest BCUT2D eigenvalue weighted by Crippen LogP contribution is 2.30. The highest BCUT2D eigenvalue weighted by Gasteiger charge is 2.32. The van der Waals surface area contributed by atoms with E-state index >= 15 is 0 Å². The van der Waals surface area contributed by atoms with Crippen LogP contribution in [0.3, 0.4) is 0 Å². The van der Waals surface area contributed by atoms with E-state index in [4.69, 9.17) is 5.14 Å². The van der Waals surface area contributed by atoms with Crippen LogP contribution in [0.1, 0.15) is 44.9 Å². The van der Waals surface area contributed by atoms with Gasteiger partial charge in [0.25, 0.3) is 0 Å². The quantitative estimate of drug-likeness (QED) is 0.579. The second-order valence-corrected chi connectivity index (χ2v) is 7.07. The van der Waals surface area contributed by atoms with E-state index in [-0.39, 0.29) is 17.2 Å². The van der Waals surface area contributed by atoms with E-state index in [2.05, 4.69) is 10.6 Å². The Morgan fingerprint density at radius 3 is 2.42 bits per heavy atom. The number of carbonyl (C=O) groups is 1. The molecule has 19 heavy (non-hydrogen) atoms. The molecule has 1 aliphatic rings. The SMILES string of the molecule is CNC1(CC(=O)NCCCS(N)(=O)=O)CCCCC1. The van der Waals surface area contributed by atoms with Crippen LogP contribution >= 0.6 is 0 Å². The summed E-state index contributed by atoms with van der Waals surface area (Å²) in [5, 5.41) is 10.9. The van der Waals surface area contributed by atoms with Crippen LogP contribution in [0.2, 0.25) is 0 Å². The summed E-state index contributed by atoms with van der Waals surface area (Å²) in [6.07, 6.45) is 6.40. The van der Waals surface area contributed by atoms with Crippen molar-refractivity contribution in [3.8, 4) is 0 Å². The van der Waals surface area contributed by atoms with Gasteiger partial charge in [-0.05, 0) is 26.3 Å². The Bertz CT molecular complexity index is 389. The number of hydrogen-bond donors (Lipinski definition) is 3. The molecule has 6 nitrogen and oxygen atoms in total. The first-order valence-electron chi connectivity index (χ1n) is 6.83. The van der Waals surface area contributed by atoms with Gasteiger partial charge in [0.15, 0.2) is 0 Å². The molecule has 0 bridgehead atoms. The van der Waals surface area contributed by atoms with E-state index in [0.29, 0.717) is 19.4 Å². The maximum atomic E-state index is 11.9. The zero-order chi connectivity index (χ0) is 14.4. The lowest BCUT2D eigenvalue weighted by atomic mass is 9.79. The van der Waals surface area contributed by atoms with Gasteiger partial charge in [-0.1, -0.05) is 19.3 Å². The number of hydrogen-bond acceptors (Lipinski definition) is 4. The molecule has 0 spiro atoms. The summed E-state index contributed by atoms with van der Waals surface area (Å²) in [6, 6.07) is 0. The second kappa shape index (κ2) is 7.21. The topological polar surface area (TPSA) is 101 Å². The highest BCUT2D eigenvalue weighted by atomic mass is 32.2. The minimum atomic E-state index is -3.43. The maximum Gasteiger partial charge on any atom is 0.221 e. The largest absolute Gasteiger partial charge is 0.356 e. The molecular formula is C12H25N3O3S. The zero-order valence-electron chi connectivity index (χ0n) is 11.6. The molecule has 1 fully saturated rings. The molecule has 1 saturated carbocycles. The molecule has 0 saturated heterocycles. The summed E-state index contributed by atoms with van der Waals surface area (Å²) in [5.41, 5.74) is -0.0811. The van der Waals surface area contributed by atoms with Crippen molar-refractivity contribution in [2.45, 2.75) is 50.5 Å². The lowest BCUT2D eigenvalue weighted by Crippen LogP contribution is -2.48. The smallest absolute Gasteiger partial charge is 0.221 e. The summed E-state index contributed by atoms with van der Waals surface area (Å²) < 4.78 is 21.5. The molecule has 1 aliphatic carbocycles. The monoisotopic (exact) mass is 291 g/mol.